The summed E-state index contributed by atoms with van der Waals surface area (Å²) in [4.78, 5) is 14.1. The SMILES string of the molecule is CC(Br)CCN(C)C(=O)c1cc(Cl)ccc1Cl. The minimum Gasteiger partial charge on any atom is -0.342 e. The Balaban J connectivity index is 2.78. The van der Waals surface area contributed by atoms with Gasteiger partial charge in [0.25, 0.3) is 5.91 Å². The van der Waals surface area contributed by atoms with Crippen molar-refractivity contribution in [3.05, 3.63) is 33.8 Å². The van der Waals surface area contributed by atoms with Crippen LogP contribution < -0.4 is 0 Å². The molecule has 0 spiro atoms. The summed E-state index contributed by atoms with van der Waals surface area (Å²) < 4.78 is 0. The fourth-order valence-electron chi connectivity index (χ4n) is 1.34. The first-order chi connectivity index (χ1) is 7.91. The third kappa shape index (κ3) is 4.49. The minimum atomic E-state index is -0.106. The Morgan fingerprint density at radius 2 is 2.12 bits per heavy atom. The van der Waals surface area contributed by atoms with Gasteiger partial charge in [-0.1, -0.05) is 46.1 Å². The highest BCUT2D eigenvalue weighted by Gasteiger charge is 2.15. The van der Waals surface area contributed by atoms with E-state index in [-0.39, 0.29) is 5.91 Å². The average Bonchev–Trinajstić information content (AvgIpc) is 2.28. The molecule has 0 aliphatic heterocycles. The van der Waals surface area contributed by atoms with Crippen molar-refractivity contribution in [2.75, 3.05) is 13.6 Å². The van der Waals surface area contributed by atoms with E-state index in [1.807, 2.05) is 6.92 Å². The Labute approximate surface area is 120 Å². The molecule has 1 aromatic rings. The maximum absolute atomic E-state index is 12.1. The second kappa shape index (κ2) is 6.62. The van der Waals surface area contributed by atoms with Crippen molar-refractivity contribution in [1.82, 2.24) is 4.90 Å². The van der Waals surface area contributed by atoms with Gasteiger partial charge in [0.1, 0.15) is 0 Å². The van der Waals surface area contributed by atoms with Gasteiger partial charge >= 0.3 is 0 Å². The van der Waals surface area contributed by atoms with Crippen molar-refractivity contribution >= 4 is 45.0 Å². The number of hydrogen-bond acceptors (Lipinski definition) is 1. The van der Waals surface area contributed by atoms with Gasteiger partial charge in [-0.25, -0.2) is 0 Å². The predicted octanol–water partition coefficient (Wildman–Crippen LogP) is 4.24. The Morgan fingerprint density at radius 1 is 1.47 bits per heavy atom. The summed E-state index contributed by atoms with van der Waals surface area (Å²) in [7, 11) is 1.76. The van der Waals surface area contributed by atoms with E-state index in [4.69, 9.17) is 23.2 Å². The van der Waals surface area contributed by atoms with E-state index in [9.17, 15) is 4.79 Å². The number of alkyl halides is 1. The fraction of sp³-hybridized carbons (Fsp3) is 0.417. The van der Waals surface area contributed by atoms with Gasteiger partial charge in [0.15, 0.2) is 0 Å². The molecule has 0 aliphatic carbocycles. The van der Waals surface area contributed by atoms with Crippen molar-refractivity contribution in [1.29, 1.82) is 0 Å². The highest BCUT2D eigenvalue weighted by molar-refractivity contribution is 9.09. The Hall–Kier alpha value is -0.250. The zero-order valence-corrected chi connectivity index (χ0v) is 12.8. The lowest BCUT2D eigenvalue weighted by Crippen LogP contribution is -2.29. The zero-order valence-electron chi connectivity index (χ0n) is 9.71. The van der Waals surface area contributed by atoms with E-state index in [0.29, 0.717) is 27.0 Å². The first-order valence-corrected chi connectivity index (χ1v) is 6.93. The summed E-state index contributed by atoms with van der Waals surface area (Å²) >= 11 is 15.3. The van der Waals surface area contributed by atoms with Crippen LogP contribution in [0.1, 0.15) is 23.7 Å². The molecule has 1 unspecified atom stereocenters. The number of halogens is 3. The van der Waals surface area contributed by atoms with Crippen LogP contribution in [0.2, 0.25) is 10.0 Å². The largest absolute Gasteiger partial charge is 0.342 e. The molecule has 1 rings (SSSR count). The number of rotatable bonds is 4. The van der Waals surface area contributed by atoms with Crippen LogP contribution in [0.5, 0.6) is 0 Å². The van der Waals surface area contributed by atoms with Crippen molar-refractivity contribution in [3.63, 3.8) is 0 Å². The van der Waals surface area contributed by atoms with Crippen LogP contribution in [-0.4, -0.2) is 29.2 Å². The summed E-state index contributed by atoms with van der Waals surface area (Å²) in [5.41, 5.74) is 0.448. The smallest absolute Gasteiger partial charge is 0.255 e. The van der Waals surface area contributed by atoms with E-state index < -0.39 is 0 Å². The normalized spacial score (nSPS) is 12.3. The van der Waals surface area contributed by atoms with Crippen molar-refractivity contribution < 1.29 is 4.79 Å². The van der Waals surface area contributed by atoms with Crippen molar-refractivity contribution in [2.45, 2.75) is 18.2 Å². The number of benzene rings is 1. The standard InChI is InChI=1S/C12H14BrCl2NO/c1-8(13)5-6-16(2)12(17)10-7-9(14)3-4-11(10)15/h3-4,7-8H,5-6H2,1-2H3. The molecule has 17 heavy (non-hydrogen) atoms. The molecule has 0 fully saturated rings. The topological polar surface area (TPSA) is 20.3 Å². The molecule has 0 radical (unpaired) electrons. The highest BCUT2D eigenvalue weighted by atomic mass is 79.9. The van der Waals surface area contributed by atoms with Gasteiger partial charge in [0.2, 0.25) is 0 Å². The van der Waals surface area contributed by atoms with Crippen molar-refractivity contribution in [2.24, 2.45) is 0 Å². The number of carbonyl (C=O) groups excluding carboxylic acids is 1. The molecule has 0 saturated heterocycles. The Kier molecular flexibility index (Phi) is 5.77. The van der Waals surface area contributed by atoms with Crippen molar-refractivity contribution in [3.8, 4) is 0 Å². The molecule has 0 aromatic heterocycles. The van der Waals surface area contributed by atoms with Crippen LogP contribution >= 0.6 is 39.1 Å². The van der Waals surface area contributed by atoms with E-state index in [0.717, 1.165) is 6.42 Å². The summed E-state index contributed by atoms with van der Waals surface area (Å²) in [6.07, 6.45) is 0.889. The number of hydrogen-bond donors (Lipinski definition) is 0. The molecule has 1 atom stereocenters. The molecule has 1 aromatic carbocycles. The molecule has 5 heteroatoms. The van der Waals surface area contributed by atoms with Gasteiger partial charge < -0.3 is 4.90 Å². The van der Waals surface area contributed by atoms with E-state index in [2.05, 4.69) is 15.9 Å². The van der Waals surface area contributed by atoms with E-state index >= 15 is 0 Å². The monoisotopic (exact) mass is 337 g/mol. The van der Waals surface area contributed by atoms with Gasteiger partial charge in [0, 0.05) is 23.4 Å². The number of amides is 1. The number of carbonyl (C=O) groups is 1. The summed E-state index contributed by atoms with van der Waals surface area (Å²) in [5.74, 6) is -0.106. The Morgan fingerprint density at radius 3 is 2.71 bits per heavy atom. The Bertz CT molecular complexity index is 409. The molecule has 0 heterocycles. The van der Waals surface area contributed by atoms with Gasteiger partial charge in [-0.2, -0.15) is 0 Å². The van der Waals surface area contributed by atoms with Crippen LogP contribution in [0, 0.1) is 0 Å². The molecular formula is C12H14BrCl2NO. The van der Waals surface area contributed by atoms with E-state index in [1.54, 1.807) is 30.1 Å². The molecule has 0 bridgehead atoms. The summed E-state index contributed by atoms with van der Waals surface area (Å²) in [5, 5.41) is 0.943. The molecule has 2 nitrogen and oxygen atoms in total. The second-order valence-corrected chi connectivity index (χ2v) is 6.33. The molecule has 94 valence electrons. The predicted molar refractivity (Wildman–Crippen MR) is 76.4 cm³/mol. The van der Waals surface area contributed by atoms with Gasteiger partial charge in [0.05, 0.1) is 10.6 Å². The lowest BCUT2D eigenvalue weighted by Gasteiger charge is -2.18. The van der Waals surface area contributed by atoms with Crippen LogP contribution in [0.4, 0.5) is 0 Å². The van der Waals surface area contributed by atoms with Crippen LogP contribution in [0.3, 0.4) is 0 Å². The van der Waals surface area contributed by atoms with Gasteiger partial charge in [-0.05, 0) is 24.6 Å². The first kappa shape index (κ1) is 14.8. The van der Waals surface area contributed by atoms with E-state index in [1.165, 1.54) is 0 Å². The van der Waals surface area contributed by atoms with Gasteiger partial charge in [-0.15, -0.1) is 0 Å². The maximum atomic E-state index is 12.1. The molecular weight excluding hydrogens is 325 g/mol. The van der Waals surface area contributed by atoms with Crippen LogP contribution in [-0.2, 0) is 0 Å². The third-order valence-electron chi connectivity index (χ3n) is 2.37. The van der Waals surface area contributed by atoms with Crippen LogP contribution in [0.15, 0.2) is 18.2 Å². The quantitative estimate of drug-likeness (QED) is 0.752. The molecule has 0 saturated carbocycles. The molecule has 0 aliphatic rings. The van der Waals surface area contributed by atoms with Gasteiger partial charge in [-0.3, -0.25) is 4.79 Å². The second-order valence-electron chi connectivity index (χ2n) is 3.92. The fourth-order valence-corrected chi connectivity index (χ4v) is 1.92. The first-order valence-electron chi connectivity index (χ1n) is 5.26. The lowest BCUT2D eigenvalue weighted by molar-refractivity contribution is 0.0794. The summed E-state index contributed by atoms with van der Waals surface area (Å²) in [6, 6.07) is 4.90. The maximum Gasteiger partial charge on any atom is 0.255 e. The molecule has 1 amide bonds. The zero-order chi connectivity index (χ0) is 13.0. The molecule has 0 N–H and O–H groups in total. The highest BCUT2D eigenvalue weighted by Crippen LogP contribution is 2.22. The average molecular weight is 339 g/mol. The third-order valence-corrected chi connectivity index (χ3v) is 3.39. The lowest BCUT2D eigenvalue weighted by atomic mass is 10.2. The number of nitrogens with zero attached hydrogens (tertiary/aromatic N) is 1. The van der Waals surface area contributed by atoms with Crippen LogP contribution in [0.25, 0.3) is 0 Å². The minimum absolute atomic E-state index is 0.106. The summed E-state index contributed by atoms with van der Waals surface area (Å²) in [6.45, 7) is 2.72.